The SMILES string of the molecule is CC(C)CCn1c(-c2cccs2)nc2c(N)cccc21. The zero-order valence-electron chi connectivity index (χ0n) is 11.8. The minimum atomic E-state index is 0.671. The van der Waals surface area contributed by atoms with Crippen molar-refractivity contribution < 1.29 is 0 Å². The summed E-state index contributed by atoms with van der Waals surface area (Å²) in [5.41, 5.74) is 8.88. The number of anilines is 1. The van der Waals surface area contributed by atoms with Crippen LogP contribution in [0.4, 0.5) is 5.69 Å². The van der Waals surface area contributed by atoms with Crippen LogP contribution in [0.3, 0.4) is 0 Å². The number of fused-ring (bicyclic) bond motifs is 1. The second-order valence-electron chi connectivity index (χ2n) is 5.46. The van der Waals surface area contributed by atoms with Gasteiger partial charge in [0.05, 0.1) is 16.1 Å². The number of aromatic nitrogens is 2. The van der Waals surface area contributed by atoms with Crippen molar-refractivity contribution in [2.24, 2.45) is 5.92 Å². The highest BCUT2D eigenvalue weighted by Crippen LogP contribution is 2.30. The van der Waals surface area contributed by atoms with Gasteiger partial charge in [0.25, 0.3) is 0 Å². The van der Waals surface area contributed by atoms with Crippen molar-refractivity contribution in [3.63, 3.8) is 0 Å². The lowest BCUT2D eigenvalue weighted by atomic mass is 10.1. The number of aryl methyl sites for hydroxylation is 1. The lowest BCUT2D eigenvalue weighted by Gasteiger charge is -2.10. The molecule has 2 N–H and O–H groups in total. The number of para-hydroxylation sites is 1. The van der Waals surface area contributed by atoms with Gasteiger partial charge in [-0.05, 0) is 35.9 Å². The Labute approximate surface area is 123 Å². The van der Waals surface area contributed by atoms with Gasteiger partial charge in [0.15, 0.2) is 5.82 Å². The molecule has 0 bridgehead atoms. The largest absolute Gasteiger partial charge is 0.397 e. The number of benzene rings is 1. The van der Waals surface area contributed by atoms with Gasteiger partial charge in [-0.15, -0.1) is 11.3 Å². The summed E-state index contributed by atoms with van der Waals surface area (Å²) in [4.78, 5) is 5.98. The van der Waals surface area contributed by atoms with Gasteiger partial charge in [0.1, 0.15) is 5.52 Å². The summed E-state index contributed by atoms with van der Waals surface area (Å²) in [7, 11) is 0. The Morgan fingerprint density at radius 2 is 2.10 bits per heavy atom. The monoisotopic (exact) mass is 285 g/mol. The Balaban J connectivity index is 2.17. The van der Waals surface area contributed by atoms with E-state index in [2.05, 4.69) is 42.0 Å². The molecular formula is C16H19N3S. The summed E-state index contributed by atoms with van der Waals surface area (Å²) >= 11 is 1.72. The second-order valence-corrected chi connectivity index (χ2v) is 6.41. The van der Waals surface area contributed by atoms with E-state index >= 15 is 0 Å². The average Bonchev–Trinajstić information content (AvgIpc) is 3.04. The number of nitrogens with zero attached hydrogens (tertiary/aromatic N) is 2. The Morgan fingerprint density at radius 3 is 2.80 bits per heavy atom. The van der Waals surface area contributed by atoms with Crippen molar-refractivity contribution >= 4 is 28.1 Å². The van der Waals surface area contributed by atoms with Gasteiger partial charge >= 0.3 is 0 Å². The first kappa shape index (κ1) is 13.2. The van der Waals surface area contributed by atoms with Crippen LogP contribution in [0.25, 0.3) is 21.7 Å². The molecule has 0 amide bonds. The van der Waals surface area contributed by atoms with Crippen molar-refractivity contribution in [3.05, 3.63) is 35.7 Å². The van der Waals surface area contributed by atoms with Crippen molar-refractivity contribution in [2.75, 3.05) is 5.73 Å². The maximum absolute atomic E-state index is 6.08. The number of imidazole rings is 1. The first-order valence-corrected chi connectivity index (χ1v) is 7.83. The van der Waals surface area contributed by atoms with E-state index in [0.717, 1.165) is 35.5 Å². The average molecular weight is 285 g/mol. The Bertz CT molecular complexity index is 711. The molecule has 0 unspecified atom stereocenters. The molecule has 1 aromatic carbocycles. The molecule has 0 aliphatic heterocycles. The number of rotatable bonds is 4. The zero-order chi connectivity index (χ0) is 14.1. The number of hydrogen-bond acceptors (Lipinski definition) is 3. The molecule has 0 fully saturated rings. The highest BCUT2D eigenvalue weighted by atomic mass is 32.1. The first-order chi connectivity index (χ1) is 9.66. The summed E-state index contributed by atoms with van der Waals surface area (Å²) in [5, 5.41) is 2.09. The van der Waals surface area contributed by atoms with Crippen molar-refractivity contribution in [2.45, 2.75) is 26.8 Å². The molecular weight excluding hydrogens is 266 g/mol. The number of hydrogen-bond donors (Lipinski definition) is 1. The lowest BCUT2D eigenvalue weighted by molar-refractivity contribution is 0.525. The third-order valence-corrected chi connectivity index (χ3v) is 4.35. The standard InChI is InChI=1S/C16H19N3S/c1-11(2)8-9-19-13-6-3-5-12(17)15(13)18-16(19)14-7-4-10-20-14/h3-7,10-11H,8-9,17H2,1-2H3. The molecule has 3 rings (SSSR count). The van der Waals surface area contributed by atoms with Crippen LogP contribution < -0.4 is 5.73 Å². The summed E-state index contributed by atoms with van der Waals surface area (Å²) in [6.07, 6.45) is 1.14. The quantitative estimate of drug-likeness (QED) is 0.722. The van der Waals surface area contributed by atoms with E-state index < -0.39 is 0 Å². The highest BCUT2D eigenvalue weighted by molar-refractivity contribution is 7.13. The predicted molar refractivity (Wildman–Crippen MR) is 86.9 cm³/mol. The summed E-state index contributed by atoms with van der Waals surface area (Å²) in [6.45, 7) is 5.47. The number of nitrogen functional groups attached to an aromatic ring is 1. The molecule has 0 saturated carbocycles. The van der Waals surface area contributed by atoms with Gasteiger partial charge in [-0.3, -0.25) is 0 Å². The molecule has 3 nitrogen and oxygen atoms in total. The van der Waals surface area contributed by atoms with Gasteiger partial charge in [-0.2, -0.15) is 0 Å². The smallest absolute Gasteiger partial charge is 0.151 e. The van der Waals surface area contributed by atoms with E-state index in [1.807, 2.05) is 12.1 Å². The Hall–Kier alpha value is -1.81. The maximum Gasteiger partial charge on any atom is 0.151 e. The molecule has 0 aliphatic carbocycles. The summed E-state index contributed by atoms with van der Waals surface area (Å²) < 4.78 is 2.30. The van der Waals surface area contributed by atoms with E-state index in [9.17, 15) is 0 Å². The molecule has 0 radical (unpaired) electrons. The van der Waals surface area contributed by atoms with Gasteiger partial charge in [-0.1, -0.05) is 26.0 Å². The molecule has 104 valence electrons. The summed E-state index contributed by atoms with van der Waals surface area (Å²) in [5.74, 6) is 1.71. The lowest BCUT2D eigenvalue weighted by Crippen LogP contribution is -2.03. The zero-order valence-corrected chi connectivity index (χ0v) is 12.7. The molecule has 20 heavy (non-hydrogen) atoms. The van der Waals surface area contributed by atoms with E-state index in [-0.39, 0.29) is 0 Å². The second kappa shape index (κ2) is 5.29. The van der Waals surface area contributed by atoms with E-state index in [0.29, 0.717) is 5.92 Å². The molecule has 2 aromatic heterocycles. The summed E-state index contributed by atoms with van der Waals surface area (Å²) in [6, 6.07) is 10.2. The molecule has 0 spiro atoms. The predicted octanol–water partition coefficient (Wildman–Crippen LogP) is 4.39. The molecule has 0 atom stereocenters. The third-order valence-electron chi connectivity index (χ3n) is 3.48. The minimum Gasteiger partial charge on any atom is -0.397 e. The topological polar surface area (TPSA) is 43.8 Å². The van der Waals surface area contributed by atoms with Crippen LogP contribution in [0.2, 0.25) is 0 Å². The van der Waals surface area contributed by atoms with Crippen LogP contribution >= 0.6 is 11.3 Å². The van der Waals surface area contributed by atoms with Crippen LogP contribution in [0, 0.1) is 5.92 Å². The fraction of sp³-hybridized carbons (Fsp3) is 0.312. The van der Waals surface area contributed by atoms with Crippen molar-refractivity contribution in [3.8, 4) is 10.7 Å². The number of thiophene rings is 1. The van der Waals surface area contributed by atoms with Gasteiger partial charge in [0.2, 0.25) is 0 Å². The highest BCUT2D eigenvalue weighted by Gasteiger charge is 2.14. The molecule has 0 saturated heterocycles. The normalized spacial score (nSPS) is 11.6. The van der Waals surface area contributed by atoms with Crippen molar-refractivity contribution in [1.29, 1.82) is 0 Å². The Morgan fingerprint density at radius 1 is 1.25 bits per heavy atom. The molecule has 0 aliphatic rings. The van der Waals surface area contributed by atoms with Crippen LogP contribution in [-0.4, -0.2) is 9.55 Å². The molecule has 3 aromatic rings. The van der Waals surface area contributed by atoms with Crippen LogP contribution in [0.15, 0.2) is 35.7 Å². The van der Waals surface area contributed by atoms with Crippen molar-refractivity contribution in [1.82, 2.24) is 9.55 Å². The third kappa shape index (κ3) is 2.31. The van der Waals surface area contributed by atoms with E-state index in [4.69, 9.17) is 10.7 Å². The maximum atomic E-state index is 6.08. The number of nitrogens with two attached hydrogens (primary N) is 1. The van der Waals surface area contributed by atoms with Gasteiger partial charge in [0, 0.05) is 6.54 Å². The first-order valence-electron chi connectivity index (χ1n) is 6.95. The van der Waals surface area contributed by atoms with E-state index in [1.165, 1.54) is 4.88 Å². The fourth-order valence-corrected chi connectivity index (χ4v) is 3.10. The Kier molecular flexibility index (Phi) is 3.49. The van der Waals surface area contributed by atoms with Crippen LogP contribution in [0.1, 0.15) is 20.3 Å². The molecule has 4 heteroatoms. The van der Waals surface area contributed by atoms with Crippen LogP contribution in [-0.2, 0) is 6.54 Å². The van der Waals surface area contributed by atoms with Crippen LogP contribution in [0.5, 0.6) is 0 Å². The van der Waals surface area contributed by atoms with Gasteiger partial charge in [-0.25, -0.2) is 4.98 Å². The molecule has 2 heterocycles. The minimum absolute atomic E-state index is 0.671. The van der Waals surface area contributed by atoms with Gasteiger partial charge < -0.3 is 10.3 Å². The van der Waals surface area contributed by atoms with E-state index in [1.54, 1.807) is 11.3 Å². The fourth-order valence-electron chi connectivity index (χ4n) is 2.38.